The molecule has 13 heavy (non-hydrogen) atoms. The van der Waals surface area contributed by atoms with Gasteiger partial charge in [0.15, 0.2) is 0 Å². The highest BCUT2D eigenvalue weighted by atomic mass is 32.2. The molecule has 0 fully saturated rings. The fourth-order valence-corrected chi connectivity index (χ4v) is 1.62. The molecule has 0 atom stereocenters. The van der Waals surface area contributed by atoms with Crippen molar-refractivity contribution in [2.45, 2.75) is 20.4 Å². The van der Waals surface area contributed by atoms with Crippen molar-refractivity contribution in [2.24, 2.45) is 0 Å². The number of nitrogens with zero attached hydrogens (tertiary/aromatic N) is 2. The zero-order chi connectivity index (χ0) is 9.84. The molecule has 0 aliphatic carbocycles. The maximum absolute atomic E-state index is 11.5. The molecule has 0 aromatic carbocycles. The third-order valence-corrected chi connectivity index (χ3v) is 2.34. The van der Waals surface area contributed by atoms with Crippen LogP contribution in [0.15, 0.2) is 6.07 Å². The molecule has 0 saturated carbocycles. The number of aromatic nitrogens is 2. The van der Waals surface area contributed by atoms with E-state index < -0.39 is 0 Å². The van der Waals surface area contributed by atoms with E-state index in [2.05, 4.69) is 5.10 Å². The number of hydrogen-bond acceptors (Lipinski definition) is 4. The first-order valence-electron chi connectivity index (χ1n) is 4.19. The van der Waals surface area contributed by atoms with Gasteiger partial charge in [-0.2, -0.15) is 5.10 Å². The fourth-order valence-electron chi connectivity index (χ4n) is 1.05. The molecule has 1 rings (SSSR count). The second-order valence-corrected chi connectivity index (χ2v) is 3.73. The number of aryl methyl sites for hydroxylation is 1. The van der Waals surface area contributed by atoms with Gasteiger partial charge in [-0.15, -0.1) is 0 Å². The third kappa shape index (κ3) is 2.24. The summed E-state index contributed by atoms with van der Waals surface area (Å²) in [5.41, 5.74) is 6.09. The lowest BCUT2D eigenvalue weighted by atomic mass is 10.4. The Morgan fingerprint density at radius 3 is 2.92 bits per heavy atom. The number of hydrogen-bond donors (Lipinski definition) is 1. The predicted octanol–water partition coefficient (Wildman–Crippen LogP) is 1.38. The summed E-state index contributed by atoms with van der Waals surface area (Å²) >= 11 is 1.27. The van der Waals surface area contributed by atoms with Crippen LogP contribution in [0.25, 0.3) is 0 Å². The van der Waals surface area contributed by atoms with Gasteiger partial charge in [-0.3, -0.25) is 9.48 Å². The molecule has 72 valence electrons. The Morgan fingerprint density at radius 2 is 2.38 bits per heavy atom. The maximum atomic E-state index is 11.5. The minimum Gasteiger partial charge on any atom is -0.382 e. The minimum atomic E-state index is 0.0357. The van der Waals surface area contributed by atoms with Crippen LogP contribution in [0, 0.1) is 0 Å². The average molecular weight is 199 g/mol. The number of nitrogens with two attached hydrogens (primary N) is 1. The van der Waals surface area contributed by atoms with E-state index >= 15 is 0 Å². The van der Waals surface area contributed by atoms with Crippen LogP contribution < -0.4 is 5.73 Å². The smallest absolute Gasteiger partial charge is 0.237 e. The summed E-state index contributed by atoms with van der Waals surface area (Å²) < 4.78 is 1.63. The molecule has 0 aliphatic rings. The quantitative estimate of drug-likeness (QED) is 0.798. The predicted molar refractivity (Wildman–Crippen MR) is 54.8 cm³/mol. The van der Waals surface area contributed by atoms with Gasteiger partial charge in [-0.1, -0.05) is 18.7 Å². The molecule has 0 unspecified atom stereocenters. The van der Waals surface area contributed by atoms with Crippen molar-refractivity contribution in [3.63, 3.8) is 0 Å². The topological polar surface area (TPSA) is 60.9 Å². The number of carbonyl (C=O) groups is 1. The molecule has 0 bridgehead atoms. The van der Waals surface area contributed by atoms with Crippen molar-refractivity contribution >= 4 is 22.7 Å². The van der Waals surface area contributed by atoms with Crippen molar-refractivity contribution in [1.82, 2.24) is 9.78 Å². The van der Waals surface area contributed by atoms with Gasteiger partial charge in [0.1, 0.15) is 11.5 Å². The Morgan fingerprint density at radius 1 is 1.69 bits per heavy atom. The number of rotatable bonds is 3. The number of carbonyl (C=O) groups excluding carboxylic acids is 1. The lowest BCUT2D eigenvalue weighted by Crippen LogP contribution is -2.06. The van der Waals surface area contributed by atoms with E-state index in [-0.39, 0.29) is 5.12 Å². The van der Waals surface area contributed by atoms with Gasteiger partial charge < -0.3 is 5.73 Å². The Labute approximate surface area is 81.5 Å². The Bertz CT molecular complexity index is 308. The first kappa shape index (κ1) is 10.1. The lowest BCUT2D eigenvalue weighted by Gasteiger charge is -2.00. The van der Waals surface area contributed by atoms with Crippen LogP contribution in [-0.4, -0.2) is 20.6 Å². The standard InChI is InChI=1S/C8H13N3OS/c1-3-11-6(5-7(9)10-11)8(12)13-4-2/h5H,3-4H2,1-2H3,(H2,9,10). The van der Waals surface area contributed by atoms with Gasteiger partial charge in [0.2, 0.25) is 5.12 Å². The molecule has 2 N–H and O–H groups in total. The molecule has 0 aliphatic heterocycles. The molecule has 0 amide bonds. The maximum Gasteiger partial charge on any atom is 0.237 e. The van der Waals surface area contributed by atoms with Crippen LogP contribution in [0.2, 0.25) is 0 Å². The van der Waals surface area contributed by atoms with Crippen LogP contribution in [0.1, 0.15) is 24.3 Å². The van der Waals surface area contributed by atoms with E-state index in [4.69, 9.17) is 5.73 Å². The van der Waals surface area contributed by atoms with Gasteiger partial charge in [0.05, 0.1) is 0 Å². The van der Waals surface area contributed by atoms with Crippen molar-refractivity contribution in [1.29, 1.82) is 0 Å². The highest BCUT2D eigenvalue weighted by molar-refractivity contribution is 8.14. The van der Waals surface area contributed by atoms with E-state index in [0.717, 1.165) is 5.75 Å². The first-order chi connectivity index (χ1) is 6.19. The summed E-state index contributed by atoms with van der Waals surface area (Å²) in [6.07, 6.45) is 0. The summed E-state index contributed by atoms with van der Waals surface area (Å²) in [6, 6.07) is 1.62. The van der Waals surface area contributed by atoms with Gasteiger partial charge in [-0.25, -0.2) is 0 Å². The second-order valence-electron chi connectivity index (χ2n) is 2.49. The summed E-state index contributed by atoms with van der Waals surface area (Å²) in [4.78, 5) is 11.5. The Balaban J connectivity index is 2.91. The molecule has 1 heterocycles. The number of thioether (sulfide) groups is 1. The van der Waals surface area contributed by atoms with E-state index in [1.54, 1.807) is 10.7 Å². The fraction of sp³-hybridized carbons (Fsp3) is 0.500. The monoisotopic (exact) mass is 199 g/mol. The van der Waals surface area contributed by atoms with E-state index in [9.17, 15) is 4.79 Å². The van der Waals surface area contributed by atoms with Gasteiger partial charge in [-0.05, 0) is 12.7 Å². The molecule has 0 spiro atoms. The van der Waals surface area contributed by atoms with Crippen LogP contribution >= 0.6 is 11.8 Å². The Kier molecular flexibility index (Phi) is 3.36. The van der Waals surface area contributed by atoms with E-state index in [1.165, 1.54) is 11.8 Å². The summed E-state index contributed by atoms with van der Waals surface area (Å²) in [6.45, 7) is 4.54. The highest BCUT2D eigenvalue weighted by Crippen LogP contribution is 2.14. The summed E-state index contributed by atoms with van der Waals surface area (Å²) in [5.74, 6) is 1.18. The molecule has 1 aromatic rings. The van der Waals surface area contributed by atoms with Crippen LogP contribution in [0.5, 0.6) is 0 Å². The molecule has 1 aromatic heterocycles. The molecule has 0 radical (unpaired) electrons. The summed E-state index contributed by atoms with van der Waals surface area (Å²) in [7, 11) is 0. The SMILES string of the molecule is CCSC(=O)c1cc(N)nn1CC. The third-order valence-electron chi connectivity index (χ3n) is 1.58. The average Bonchev–Trinajstić information content (AvgIpc) is 2.47. The molecule has 4 nitrogen and oxygen atoms in total. The molecule has 0 saturated heterocycles. The van der Waals surface area contributed by atoms with Crippen molar-refractivity contribution in [3.8, 4) is 0 Å². The van der Waals surface area contributed by atoms with Gasteiger partial charge in [0.25, 0.3) is 0 Å². The Hall–Kier alpha value is -0.970. The largest absolute Gasteiger partial charge is 0.382 e. The molecule has 5 heteroatoms. The van der Waals surface area contributed by atoms with E-state index in [0.29, 0.717) is 18.1 Å². The van der Waals surface area contributed by atoms with Crippen molar-refractivity contribution in [3.05, 3.63) is 11.8 Å². The van der Waals surface area contributed by atoms with Gasteiger partial charge >= 0.3 is 0 Å². The van der Waals surface area contributed by atoms with Crippen molar-refractivity contribution < 1.29 is 4.79 Å². The van der Waals surface area contributed by atoms with Gasteiger partial charge in [0, 0.05) is 12.6 Å². The second kappa shape index (κ2) is 4.32. The summed E-state index contributed by atoms with van der Waals surface area (Å²) in [5, 5.41) is 4.03. The lowest BCUT2D eigenvalue weighted by molar-refractivity contribution is 0.108. The molecular weight excluding hydrogens is 186 g/mol. The molecular formula is C8H13N3OS. The zero-order valence-corrected chi connectivity index (χ0v) is 8.60. The number of anilines is 1. The first-order valence-corrected chi connectivity index (χ1v) is 5.18. The van der Waals surface area contributed by atoms with E-state index in [1.807, 2.05) is 13.8 Å². The van der Waals surface area contributed by atoms with Crippen LogP contribution in [0.3, 0.4) is 0 Å². The zero-order valence-electron chi connectivity index (χ0n) is 7.78. The van der Waals surface area contributed by atoms with Crippen molar-refractivity contribution in [2.75, 3.05) is 11.5 Å². The highest BCUT2D eigenvalue weighted by Gasteiger charge is 2.12. The van der Waals surface area contributed by atoms with Crippen LogP contribution in [-0.2, 0) is 6.54 Å². The number of nitrogen functional groups attached to an aromatic ring is 1. The minimum absolute atomic E-state index is 0.0357. The van der Waals surface area contributed by atoms with Crippen LogP contribution in [0.4, 0.5) is 5.82 Å². The normalized spacial score (nSPS) is 10.3.